The van der Waals surface area contributed by atoms with E-state index in [-0.39, 0.29) is 22.8 Å². The maximum atomic E-state index is 12.6. The Morgan fingerprint density at radius 1 is 1.35 bits per heavy atom. The van der Waals surface area contributed by atoms with Crippen molar-refractivity contribution in [1.29, 1.82) is 0 Å². The SMILES string of the molecule is CC1(C)CC(S(=O)(=O)C/C=C/c2cccc(C(F)(F)F)c2)=NO1. The number of oxime groups is 1. The molecule has 0 aliphatic carbocycles. The molecule has 0 unspecified atom stereocenters. The number of sulfone groups is 1. The molecule has 0 saturated heterocycles. The predicted molar refractivity (Wildman–Crippen MR) is 81.5 cm³/mol. The van der Waals surface area contributed by atoms with Crippen LogP contribution in [0, 0.1) is 0 Å². The molecule has 0 N–H and O–H groups in total. The van der Waals surface area contributed by atoms with Crippen LogP contribution in [0.5, 0.6) is 0 Å². The van der Waals surface area contributed by atoms with Crippen LogP contribution in [0.15, 0.2) is 35.5 Å². The molecule has 0 aromatic heterocycles. The third kappa shape index (κ3) is 4.57. The van der Waals surface area contributed by atoms with Gasteiger partial charge in [0.05, 0.1) is 11.3 Å². The van der Waals surface area contributed by atoms with E-state index in [1.54, 1.807) is 13.8 Å². The Labute approximate surface area is 132 Å². The highest BCUT2D eigenvalue weighted by Gasteiger charge is 2.35. The van der Waals surface area contributed by atoms with Gasteiger partial charge in [0.25, 0.3) is 0 Å². The minimum Gasteiger partial charge on any atom is -0.389 e. The number of rotatable bonds is 3. The lowest BCUT2D eigenvalue weighted by Crippen LogP contribution is -2.23. The molecule has 1 aliphatic rings. The zero-order chi connectivity index (χ0) is 17.3. The van der Waals surface area contributed by atoms with E-state index >= 15 is 0 Å². The molecule has 8 heteroatoms. The molecule has 0 bridgehead atoms. The van der Waals surface area contributed by atoms with E-state index in [0.29, 0.717) is 0 Å². The van der Waals surface area contributed by atoms with Crippen LogP contribution in [0.2, 0.25) is 0 Å². The van der Waals surface area contributed by atoms with Crippen molar-refractivity contribution >= 4 is 21.0 Å². The van der Waals surface area contributed by atoms with Crippen LogP contribution in [0.25, 0.3) is 6.08 Å². The molecule has 126 valence electrons. The zero-order valence-corrected chi connectivity index (χ0v) is 13.4. The summed E-state index contributed by atoms with van der Waals surface area (Å²) in [6.45, 7) is 3.44. The highest BCUT2D eigenvalue weighted by atomic mass is 32.2. The standard InChI is InChI=1S/C15H16F3NO3S/c1-14(2)10-13(19-22-14)23(20,21)8-4-6-11-5-3-7-12(9-11)15(16,17)18/h3-7,9H,8,10H2,1-2H3/b6-4+. The van der Waals surface area contributed by atoms with E-state index in [1.165, 1.54) is 24.3 Å². The molecule has 0 atom stereocenters. The Kier molecular flexibility index (Phi) is 4.57. The second kappa shape index (κ2) is 5.99. The van der Waals surface area contributed by atoms with Crippen molar-refractivity contribution in [2.24, 2.45) is 5.16 Å². The number of nitrogens with zero attached hydrogens (tertiary/aromatic N) is 1. The number of benzene rings is 1. The minimum atomic E-state index is -4.43. The fourth-order valence-corrected chi connectivity index (χ4v) is 3.26. The van der Waals surface area contributed by atoms with Gasteiger partial charge in [-0.25, -0.2) is 8.42 Å². The lowest BCUT2D eigenvalue weighted by Gasteiger charge is -2.12. The maximum absolute atomic E-state index is 12.6. The van der Waals surface area contributed by atoms with Gasteiger partial charge in [0.2, 0.25) is 0 Å². The van der Waals surface area contributed by atoms with Gasteiger partial charge in [-0.2, -0.15) is 13.2 Å². The molecular weight excluding hydrogens is 331 g/mol. The topological polar surface area (TPSA) is 55.7 Å². The Balaban J connectivity index is 2.08. The third-order valence-electron chi connectivity index (χ3n) is 3.17. The fourth-order valence-electron chi connectivity index (χ4n) is 2.00. The van der Waals surface area contributed by atoms with Crippen LogP contribution in [-0.4, -0.2) is 24.8 Å². The van der Waals surface area contributed by atoms with Gasteiger partial charge >= 0.3 is 6.18 Å². The molecule has 1 aromatic carbocycles. The molecule has 0 fully saturated rings. The zero-order valence-electron chi connectivity index (χ0n) is 12.6. The fraction of sp³-hybridized carbons (Fsp3) is 0.400. The monoisotopic (exact) mass is 347 g/mol. The first-order valence-corrected chi connectivity index (χ1v) is 8.46. The summed E-state index contributed by atoms with van der Waals surface area (Å²) in [5.74, 6) is -0.346. The molecule has 1 aromatic rings. The van der Waals surface area contributed by atoms with Crippen molar-refractivity contribution in [2.45, 2.75) is 32.0 Å². The molecule has 23 heavy (non-hydrogen) atoms. The average molecular weight is 347 g/mol. The summed E-state index contributed by atoms with van der Waals surface area (Å²) in [5, 5.41) is 3.53. The second-order valence-electron chi connectivity index (χ2n) is 5.82. The third-order valence-corrected chi connectivity index (χ3v) is 4.74. The van der Waals surface area contributed by atoms with E-state index in [0.717, 1.165) is 12.1 Å². The van der Waals surface area contributed by atoms with E-state index in [1.807, 2.05) is 0 Å². The molecule has 0 saturated carbocycles. The largest absolute Gasteiger partial charge is 0.416 e. The van der Waals surface area contributed by atoms with E-state index in [2.05, 4.69) is 5.16 Å². The molecule has 0 amide bonds. The van der Waals surface area contributed by atoms with E-state index in [4.69, 9.17) is 4.84 Å². The molecule has 0 radical (unpaired) electrons. The normalized spacial score (nSPS) is 18.0. The van der Waals surface area contributed by atoms with Gasteiger partial charge < -0.3 is 4.84 Å². The first-order valence-electron chi connectivity index (χ1n) is 6.81. The quantitative estimate of drug-likeness (QED) is 0.839. The number of hydrogen-bond donors (Lipinski definition) is 0. The number of hydrogen-bond acceptors (Lipinski definition) is 4. The van der Waals surface area contributed by atoms with E-state index < -0.39 is 27.2 Å². The first kappa shape index (κ1) is 17.5. The van der Waals surface area contributed by atoms with Gasteiger partial charge in [0, 0.05) is 6.42 Å². The van der Waals surface area contributed by atoms with Crippen LogP contribution >= 0.6 is 0 Å². The lowest BCUT2D eigenvalue weighted by atomic mass is 10.1. The second-order valence-corrected chi connectivity index (χ2v) is 7.85. The Morgan fingerprint density at radius 3 is 2.61 bits per heavy atom. The van der Waals surface area contributed by atoms with E-state index in [9.17, 15) is 21.6 Å². The van der Waals surface area contributed by atoms with Crippen molar-refractivity contribution in [3.63, 3.8) is 0 Å². The van der Waals surface area contributed by atoms with Gasteiger partial charge in [-0.3, -0.25) is 0 Å². The smallest absolute Gasteiger partial charge is 0.389 e. The highest BCUT2D eigenvalue weighted by molar-refractivity contribution is 8.06. The summed E-state index contributed by atoms with van der Waals surface area (Å²) < 4.78 is 62.0. The predicted octanol–water partition coefficient (Wildman–Crippen LogP) is 3.65. The maximum Gasteiger partial charge on any atom is 0.416 e. The van der Waals surface area contributed by atoms with Gasteiger partial charge in [-0.1, -0.05) is 29.4 Å². The van der Waals surface area contributed by atoms with Gasteiger partial charge in [0.15, 0.2) is 14.9 Å². The van der Waals surface area contributed by atoms with Crippen molar-refractivity contribution in [3.05, 3.63) is 41.5 Å². The molecule has 0 spiro atoms. The Bertz CT molecular complexity index is 749. The molecule has 2 rings (SSSR count). The van der Waals surface area contributed by atoms with Crippen LogP contribution < -0.4 is 0 Å². The number of alkyl halides is 3. The van der Waals surface area contributed by atoms with Gasteiger partial charge in [-0.05, 0) is 31.5 Å². The summed E-state index contributed by atoms with van der Waals surface area (Å²) in [6, 6.07) is 4.66. The highest BCUT2D eigenvalue weighted by Crippen LogP contribution is 2.30. The Hall–Kier alpha value is -1.83. The molecule has 1 aliphatic heterocycles. The van der Waals surface area contributed by atoms with Crippen molar-refractivity contribution in [3.8, 4) is 0 Å². The summed E-state index contributed by atoms with van der Waals surface area (Å²) in [7, 11) is -3.62. The van der Waals surface area contributed by atoms with Crippen LogP contribution in [-0.2, 0) is 20.9 Å². The van der Waals surface area contributed by atoms with Gasteiger partial charge in [-0.15, -0.1) is 0 Å². The van der Waals surface area contributed by atoms with Crippen LogP contribution in [0.1, 0.15) is 31.4 Å². The molecule has 1 heterocycles. The first-order chi connectivity index (χ1) is 10.5. The van der Waals surface area contributed by atoms with Crippen LogP contribution in [0.4, 0.5) is 13.2 Å². The van der Waals surface area contributed by atoms with Crippen LogP contribution in [0.3, 0.4) is 0 Å². The summed E-state index contributed by atoms with van der Waals surface area (Å²) in [4.78, 5) is 5.02. The lowest BCUT2D eigenvalue weighted by molar-refractivity contribution is -0.137. The molecule has 4 nitrogen and oxygen atoms in total. The number of halogens is 3. The Morgan fingerprint density at radius 2 is 2.04 bits per heavy atom. The van der Waals surface area contributed by atoms with Crippen molar-refractivity contribution in [2.75, 3.05) is 5.75 Å². The molecular formula is C15H16F3NO3S. The summed E-state index contributed by atoms with van der Waals surface area (Å²) >= 11 is 0. The van der Waals surface area contributed by atoms with Crippen molar-refractivity contribution < 1.29 is 26.4 Å². The summed E-state index contributed by atoms with van der Waals surface area (Å²) in [5.41, 5.74) is -1.16. The average Bonchev–Trinajstić information content (AvgIpc) is 2.79. The van der Waals surface area contributed by atoms with Gasteiger partial charge in [0.1, 0.15) is 5.60 Å². The summed E-state index contributed by atoms with van der Waals surface area (Å²) in [6.07, 6.45) is -1.61. The van der Waals surface area contributed by atoms with Crippen molar-refractivity contribution in [1.82, 2.24) is 0 Å². The minimum absolute atomic E-state index is 0.0452.